The van der Waals surface area contributed by atoms with E-state index in [-0.39, 0.29) is 36.3 Å². The summed E-state index contributed by atoms with van der Waals surface area (Å²) in [7, 11) is -6.07. The van der Waals surface area contributed by atoms with Gasteiger partial charge in [0, 0.05) is 25.6 Å². The quantitative estimate of drug-likeness (QED) is 0.652. The summed E-state index contributed by atoms with van der Waals surface area (Å²) < 4.78 is 72.9. The molecule has 8 nitrogen and oxygen atoms in total. The number of likely N-dealkylation sites (N-methyl/N-ethyl adjacent to an activating group) is 1. The standard InChI is InChI=1S/C22H29FN2O6S2/c1-15-12-25(16(2)14-26)33(29,30)22-10-7-18(17-5-8-19(23)9-6-17)11-20(22)31-21(15)13-24(3)32(4,27)28/h5-11,15-16,21,26H,12-14H2,1-4H3/t15-,16-,21+/m0/s1. The van der Waals surface area contributed by atoms with Crippen LogP contribution in [-0.2, 0) is 20.0 Å². The predicted octanol–water partition coefficient (Wildman–Crippen LogP) is 2.15. The first-order chi connectivity index (χ1) is 15.3. The third kappa shape index (κ3) is 5.55. The Balaban J connectivity index is 2.14. The number of ether oxygens (including phenoxy) is 1. The Morgan fingerprint density at radius 2 is 1.82 bits per heavy atom. The lowest BCUT2D eigenvalue weighted by molar-refractivity contribution is 0.0906. The van der Waals surface area contributed by atoms with Gasteiger partial charge in [0.25, 0.3) is 0 Å². The van der Waals surface area contributed by atoms with Crippen LogP contribution >= 0.6 is 0 Å². The smallest absolute Gasteiger partial charge is 0.247 e. The molecule has 1 N–H and O–H groups in total. The van der Waals surface area contributed by atoms with E-state index in [1.165, 1.54) is 29.6 Å². The minimum absolute atomic E-state index is 0.0155. The summed E-state index contributed by atoms with van der Waals surface area (Å²) in [5, 5.41) is 9.69. The molecule has 1 aliphatic heterocycles. The molecule has 33 heavy (non-hydrogen) atoms. The SMILES string of the molecule is C[C@H]1CN([C@@H](C)CO)S(=O)(=O)c2ccc(-c3ccc(F)cc3)cc2O[C@@H]1CN(C)S(C)(=O)=O. The molecule has 0 spiro atoms. The molecule has 0 amide bonds. The van der Waals surface area contributed by atoms with Crippen molar-refractivity contribution in [3.8, 4) is 16.9 Å². The van der Waals surface area contributed by atoms with Gasteiger partial charge in [-0.05, 0) is 42.3 Å². The molecule has 0 radical (unpaired) electrons. The van der Waals surface area contributed by atoms with Gasteiger partial charge in [0.2, 0.25) is 20.0 Å². The van der Waals surface area contributed by atoms with Crippen molar-refractivity contribution in [2.75, 3.05) is 33.0 Å². The van der Waals surface area contributed by atoms with Crippen molar-refractivity contribution in [3.05, 3.63) is 48.3 Å². The van der Waals surface area contributed by atoms with Crippen LogP contribution in [0.3, 0.4) is 0 Å². The second-order valence-electron chi connectivity index (χ2n) is 8.45. The molecule has 3 rings (SSSR count). The van der Waals surface area contributed by atoms with Crippen LogP contribution in [0.4, 0.5) is 4.39 Å². The molecule has 11 heteroatoms. The van der Waals surface area contributed by atoms with Crippen LogP contribution in [0.2, 0.25) is 0 Å². The Bertz CT molecular complexity index is 1200. The molecule has 0 saturated heterocycles. The molecule has 0 saturated carbocycles. The monoisotopic (exact) mass is 500 g/mol. The van der Waals surface area contributed by atoms with Crippen LogP contribution < -0.4 is 4.74 Å². The number of benzene rings is 2. The van der Waals surface area contributed by atoms with Gasteiger partial charge in [-0.3, -0.25) is 0 Å². The Kier molecular flexibility index (Phi) is 7.49. The van der Waals surface area contributed by atoms with Crippen LogP contribution in [0.25, 0.3) is 11.1 Å². The van der Waals surface area contributed by atoms with Gasteiger partial charge in [-0.2, -0.15) is 4.31 Å². The Morgan fingerprint density at radius 1 is 1.21 bits per heavy atom. The molecule has 1 aliphatic rings. The summed E-state index contributed by atoms with van der Waals surface area (Å²) in [6, 6.07) is 9.67. The van der Waals surface area contributed by atoms with Crippen molar-refractivity contribution in [3.63, 3.8) is 0 Å². The number of aliphatic hydroxyl groups is 1. The maximum atomic E-state index is 13.5. The fourth-order valence-corrected chi connectivity index (χ4v) is 5.90. The second-order valence-corrected chi connectivity index (χ2v) is 12.4. The lowest BCUT2D eigenvalue weighted by Gasteiger charge is -2.37. The van der Waals surface area contributed by atoms with Gasteiger partial charge in [0.15, 0.2) is 0 Å². The van der Waals surface area contributed by atoms with E-state index < -0.39 is 38.0 Å². The first-order valence-electron chi connectivity index (χ1n) is 10.4. The zero-order chi connectivity index (χ0) is 24.6. The lowest BCUT2D eigenvalue weighted by atomic mass is 10.0. The number of halogens is 1. The first-order valence-corrected chi connectivity index (χ1v) is 13.7. The van der Waals surface area contributed by atoms with Crippen LogP contribution in [0, 0.1) is 11.7 Å². The zero-order valence-corrected chi connectivity index (χ0v) is 20.6. The van der Waals surface area contributed by atoms with Crippen LogP contribution in [0.1, 0.15) is 13.8 Å². The molecule has 2 aromatic carbocycles. The summed E-state index contributed by atoms with van der Waals surface area (Å²) in [6.45, 7) is 3.08. The molecule has 3 atom stereocenters. The number of nitrogens with zero attached hydrogens (tertiary/aromatic N) is 2. The van der Waals surface area contributed by atoms with Gasteiger partial charge in [0.1, 0.15) is 22.6 Å². The van der Waals surface area contributed by atoms with Gasteiger partial charge >= 0.3 is 0 Å². The first kappa shape index (κ1) is 25.6. The normalized spacial score (nSPS) is 22.2. The van der Waals surface area contributed by atoms with Crippen LogP contribution in [0.15, 0.2) is 47.4 Å². The highest BCUT2D eigenvalue weighted by molar-refractivity contribution is 7.89. The molecule has 0 unspecified atom stereocenters. The highest BCUT2D eigenvalue weighted by atomic mass is 32.2. The summed E-state index contributed by atoms with van der Waals surface area (Å²) in [6.07, 6.45) is 0.432. The number of hydrogen-bond acceptors (Lipinski definition) is 6. The molecule has 0 aliphatic carbocycles. The maximum Gasteiger partial charge on any atom is 0.247 e. The number of rotatable bonds is 6. The average molecular weight is 501 g/mol. The predicted molar refractivity (Wildman–Crippen MR) is 123 cm³/mol. The van der Waals surface area contributed by atoms with E-state index in [1.807, 2.05) is 0 Å². The number of fused-ring (bicyclic) bond motifs is 1. The summed E-state index contributed by atoms with van der Waals surface area (Å²) >= 11 is 0. The molecule has 182 valence electrons. The van der Waals surface area contributed by atoms with Gasteiger partial charge in [0.05, 0.1) is 19.4 Å². The topological polar surface area (TPSA) is 104 Å². The second kappa shape index (κ2) is 9.67. The van der Waals surface area contributed by atoms with Gasteiger partial charge < -0.3 is 9.84 Å². The van der Waals surface area contributed by atoms with E-state index in [4.69, 9.17) is 4.74 Å². The van der Waals surface area contributed by atoms with Crippen molar-refractivity contribution >= 4 is 20.0 Å². The van der Waals surface area contributed by atoms with E-state index in [1.54, 1.807) is 38.1 Å². The van der Waals surface area contributed by atoms with Crippen molar-refractivity contribution in [2.24, 2.45) is 5.92 Å². The molecular weight excluding hydrogens is 471 g/mol. The third-order valence-electron chi connectivity index (χ3n) is 5.85. The maximum absolute atomic E-state index is 13.5. The summed E-state index contributed by atoms with van der Waals surface area (Å²) in [5.41, 5.74) is 1.29. The Labute approximate surface area is 194 Å². The van der Waals surface area contributed by atoms with E-state index in [0.29, 0.717) is 11.1 Å². The Hall–Kier alpha value is -2.05. The molecular formula is C22H29FN2O6S2. The minimum atomic E-state index is -4.02. The zero-order valence-electron chi connectivity index (χ0n) is 19.0. The molecule has 1 heterocycles. The third-order valence-corrected chi connectivity index (χ3v) is 9.15. The van der Waals surface area contributed by atoms with Crippen molar-refractivity contribution in [1.29, 1.82) is 0 Å². The van der Waals surface area contributed by atoms with Crippen molar-refractivity contribution in [1.82, 2.24) is 8.61 Å². The number of aliphatic hydroxyl groups excluding tert-OH is 1. The van der Waals surface area contributed by atoms with Crippen molar-refractivity contribution < 1.29 is 31.1 Å². The van der Waals surface area contributed by atoms with Crippen LogP contribution in [0.5, 0.6) is 5.75 Å². The fourth-order valence-electron chi connectivity index (χ4n) is 3.65. The highest BCUT2D eigenvalue weighted by Gasteiger charge is 2.38. The van der Waals surface area contributed by atoms with E-state index in [2.05, 4.69) is 0 Å². The van der Waals surface area contributed by atoms with E-state index in [0.717, 1.165) is 10.6 Å². The van der Waals surface area contributed by atoms with Crippen LogP contribution in [-0.4, -0.2) is 75.7 Å². The molecule has 0 aromatic heterocycles. The molecule has 0 bridgehead atoms. The number of hydrogen-bond donors (Lipinski definition) is 1. The Morgan fingerprint density at radius 3 is 2.39 bits per heavy atom. The minimum Gasteiger partial charge on any atom is -0.487 e. The van der Waals surface area contributed by atoms with Crippen molar-refractivity contribution in [2.45, 2.75) is 30.9 Å². The summed E-state index contributed by atoms with van der Waals surface area (Å²) in [5.74, 6) is -0.707. The number of sulfonamides is 2. The largest absolute Gasteiger partial charge is 0.487 e. The van der Waals surface area contributed by atoms with E-state index >= 15 is 0 Å². The average Bonchev–Trinajstić information content (AvgIpc) is 2.75. The van der Waals surface area contributed by atoms with Gasteiger partial charge in [-0.1, -0.05) is 25.1 Å². The molecule has 2 aromatic rings. The summed E-state index contributed by atoms with van der Waals surface area (Å²) in [4.78, 5) is -0.0763. The molecule has 0 fully saturated rings. The lowest BCUT2D eigenvalue weighted by Crippen LogP contribution is -2.50. The highest BCUT2D eigenvalue weighted by Crippen LogP contribution is 2.36. The fraction of sp³-hybridized carbons (Fsp3) is 0.455. The van der Waals surface area contributed by atoms with E-state index in [9.17, 15) is 26.3 Å². The van der Waals surface area contributed by atoms with Gasteiger partial charge in [-0.25, -0.2) is 25.5 Å². The van der Waals surface area contributed by atoms with Gasteiger partial charge in [-0.15, -0.1) is 0 Å².